The van der Waals surface area contributed by atoms with Crippen LogP contribution in [0.1, 0.15) is 17.5 Å². The second-order valence-corrected chi connectivity index (χ2v) is 4.32. The SMILES string of the molecule is COCCOCCCNCc1ccc(/C(N)=N/O)cc1. The summed E-state index contributed by atoms with van der Waals surface area (Å²) in [5.74, 6) is 0.123. The minimum Gasteiger partial charge on any atom is -0.409 e. The van der Waals surface area contributed by atoms with Gasteiger partial charge in [0.1, 0.15) is 0 Å². The number of hydrogen-bond donors (Lipinski definition) is 3. The van der Waals surface area contributed by atoms with Gasteiger partial charge in [0.05, 0.1) is 13.2 Å². The van der Waals surface area contributed by atoms with Crippen molar-refractivity contribution in [2.45, 2.75) is 13.0 Å². The molecule has 0 amide bonds. The predicted molar refractivity (Wildman–Crippen MR) is 78.0 cm³/mol. The summed E-state index contributed by atoms with van der Waals surface area (Å²) in [6.45, 7) is 3.70. The Labute approximate surface area is 119 Å². The van der Waals surface area contributed by atoms with E-state index in [2.05, 4.69) is 10.5 Å². The highest BCUT2D eigenvalue weighted by molar-refractivity contribution is 5.96. The van der Waals surface area contributed by atoms with Crippen LogP contribution >= 0.6 is 0 Å². The zero-order valence-corrected chi connectivity index (χ0v) is 11.8. The first-order valence-corrected chi connectivity index (χ1v) is 6.62. The molecule has 0 saturated heterocycles. The maximum atomic E-state index is 8.57. The molecule has 0 atom stereocenters. The molecular weight excluding hydrogens is 258 g/mol. The third-order valence-corrected chi connectivity index (χ3v) is 2.76. The average molecular weight is 281 g/mol. The first kappa shape index (κ1) is 16.4. The van der Waals surface area contributed by atoms with Gasteiger partial charge in [0, 0.05) is 25.8 Å². The van der Waals surface area contributed by atoms with Crippen LogP contribution in [0.5, 0.6) is 0 Å². The molecule has 0 bridgehead atoms. The lowest BCUT2D eigenvalue weighted by molar-refractivity contribution is 0.0695. The lowest BCUT2D eigenvalue weighted by atomic mass is 10.1. The van der Waals surface area contributed by atoms with Crippen molar-refractivity contribution in [3.63, 3.8) is 0 Å². The minimum atomic E-state index is 0.123. The van der Waals surface area contributed by atoms with E-state index in [0.717, 1.165) is 31.7 Å². The van der Waals surface area contributed by atoms with Gasteiger partial charge in [-0.1, -0.05) is 29.4 Å². The number of benzene rings is 1. The van der Waals surface area contributed by atoms with Crippen molar-refractivity contribution in [3.05, 3.63) is 35.4 Å². The molecule has 6 nitrogen and oxygen atoms in total. The summed E-state index contributed by atoms with van der Waals surface area (Å²) >= 11 is 0. The molecule has 4 N–H and O–H groups in total. The number of ether oxygens (including phenoxy) is 2. The van der Waals surface area contributed by atoms with E-state index >= 15 is 0 Å². The van der Waals surface area contributed by atoms with Crippen LogP contribution in [0.15, 0.2) is 29.4 Å². The van der Waals surface area contributed by atoms with Crippen LogP contribution in [-0.4, -0.2) is 44.5 Å². The van der Waals surface area contributed by atoms with Crippen LogP contribution in [0.4, 0.5) is 0 Å². The molecule has 1 rings (SSSR count). The largest absolute Gasteiger partial charge is 0.409 e. The van der Waals surface area contributed by atoms with Crippen molar-refractivity contribution in [3.8, 4) is 0 Å². The molecule has 0 radical (unpaired) electrons. The van der Waals surface area contributed by atoms with Crippen molar-refractivity contribution < 1.29 is 14.7 Å². The van der Waals surface area contributed by atoms with Gasteiger partial charge in [-0.2, -0.15) is 0 Å². The number of methoxy groups -OCH3 is 1. The van der Waals surface area contributed by atoms with E-state index in [4.69, 9.17) is 20.4 Å². The van der Waals surface area contributed by atoms with Crippen molar-refractivity contribution in [2.24, 2.45) is 10.9 Å². The Hall–Kier alpha value is -1.63. The Kier molecular flexibility index (Phi) is 8.37. The summed E-state index contributed by atoms with van der Waals surface area (Å²) in [5, 5.41) is 14.9. The number of nitrogens with two attached hydrogens (primary N) is 1. The summed E-state index contributed by atoms with van der Waals surface area (Å²) in [4.78, 5) is 0. The fourth-order valence-electron chi connectivity index (χ4n) is 1.63. The van der Waals surface area contributed by atoms with Crippen molar-refractivity contribution in [2.75, 3.05) is 33.5 Å². The molecule has 0 aliphatic rings. The van der Waals surface area contributed by atoms with E-state index in [0.29, 0.717) is 18.8 Å². The molecule has 0 spiro atoms. The van der Waals surface area contributed by atoms with E-state index in [1.54, 1.807) is 7.11 Å². The van der Waals surface area contributed by atoms with Gasteiger partial charge in [-0.25, -0.2) is 0 Å². The highest BCUT2D eigenvalue weighted by Gasteiger charge is 1.99. The standard InChI is InChI=1S/C14H23N3O3/c1-19-9-10-20-8-2-7-16-11-12-3-5-13(6-4-12)14(15)17-18/h3-6,16,18H,2,7-11H2,1H3,(H2,15,17). The molecule has 1 aromatic carbocycles. The van der Waals surface area contributed by atoms with E-state index < -0.39 is 0 Å². The van der Waals surface area contributed by atoms with Crippen molar-refractivity contribution in [1.82, 2.24) is 5.32 Å². The maximum absolute atomic E-state index is 8.57. The van der Waals surface area contributed by atoms with Crippen LogP contribution in [0.2, 0.25) is 0 Å². The average Bonchev–Trinajstić information content (AvgIpc) is 2.50. The quantitative estimate of drug-likeness (QED) is 0.195. The van der Waals surface area contributed by atoms with Gasteiger partial charge >= 0.3 is 0 Å². The van der Waals surface area contributed by atoms with Gasteiger partial charge in [-0.3, -0.25) is 0 Å². The van der Waals surface area contributed by atoms with Gasteiger partial charge in [0.2, 0.25) is 0 Å². The smallest absolute Gasteiger partial charge is 0.170 e. The lowest BCUT2D eigenvalue weighted by Crippen LogP contribution is -2.17. The van der Waals surface area contributed by atoms with Crippen LogP contribution in [0.25, 0.3) is 0 Å². The molecule has 0 aliphatic heterocycles. The number of rotatable bonds is 10. The Morgan fingerprint density at radius 3 is 2.65 bits per heavy atom. The number of nitrogens with one attached hydrogen (secondary N) is 1. The Morgan fingerprint density at radius 1 is 1.25 bits per heavy atom. The first-order valence-electron chi connectivity index (χ1n) is 6.62. The number of amidine groups is 1. The molecule has 0 heterocycles. The van der Waals surface area contributed by atoms with Crippen LogP contribution in [-0.2, 0) is 16.0 Å². The van der Waals surface area contributed by atoms with Crippen molar-refractivity contribution in [1.29, 1.82) is 0 Å². The second kappa shape index (κ2) is 10.2. The highest BCUT2D eigenvalue weighted by atomic mass is 16.5. The van der Waals surface area contributed by atoms with Crippen LogP contribution < -0.4 is 11.1 Å². The maximum Gasteiger partial charge on any atom is 0.170 e. The zero-order chi connectivity index (χ0) is 14.6. The highest BCUT2D eigenvalue weighted by Crippen LogP contribution is 2.04. The number of oxime groups is 1. The van der Waals surface area contributed by atoms with E-state index in [1.807, 2.05) is 24.3 Å². The van der Waals surface area contributed by atoms with Gasteiger partial charge < -0.3 is 25.7 Å². The normalized spacial score (nSPS) is 11.8. The van der Waals surface area contributed by atoms with Gasteiger partial charge in [0.25, 0.3) is 0 Å². The lowest BCUT2D eigenvalue weighted by Gasteiger charge is -2.06. The molecule has 0 saturated carbocycles. The van der Waals surface area contributed by atoms with Gasteiger partial charge in [0.15, 0.2) is 5.84 Å². The monoisotopic (exact) mass is 281 g/mol. The van der Waals surface area contributed by atoms with E-state index in [1.165, 1.54) is 0 Å². The Balaban J connectivity index is 2.13. The summed E-state index contributed by atoms with van der Waals surface area (Å²) in [5.41, 5.74) is 7.36. The van der Waals surface area contributed by atoms with Crippen LogP contribution in [0, 0.1) is 0 Å². The van der Waals surface area contributed by atoms with Crippen LogP contribution in [0.3, 0.4) is 0 Å². The number of nitrogens with zero attached hydrogens (tertiary/aromatic N) is 1. The third kappa shape index (κ3) is 6.51. The summed E-state index contributed by atoms with van der Waals surface area (Å²) < 4.78 is 10.3. The Bertz CT molecular complexity index is 393. The zero-order valence-electron chi connectivity index (χ0n) is 11.8. The minimum absolute atomic E-state index is 0.123. The molecule has 0 aliphatic carbocycles. The second-order valence-electron chi connectivity index (χ2n) is 4.32. The molecule has 112 valence electrons. The van der Waals surface area contributed by atoms with E-state index in [9.17, 15) is 0 Å². The molecule has 0 unspecified atom stereocenters. The molecule has 6 heteroatoms. The van der Waals surface area contributed by atoms with Gasteiger partial charge in [-0.15, -0.1) is 0 Å². The summed E-state index contributed by atoms with van der Waals surface area (Å²) in [6.07, 6.45) is 0.964. The molecular formula is C14H23N3O3. The molecule has 0 fully saturated rings. The van der Waals surface area contributed by atoms with Crippen molar-refractivity contribution >= 4 is 5.84 Å². The summed E-state index contributed by atoms with van der Waals surface area (Å²) in [7, 11) is 1.66. The fraction of sp³-hybridized carbons (Fsp3) is 0.500. The fourth-order valence-corrected chi connectivity index (χ4v) is 1.63. The number of hydrogen-bond acceptors (Lipinski definition) is 5. The van der Waals surface area contributed by atoms with E-state index in [-0.39, 0.29) is 5.84 Å². The molecule has 20 heavy (non-hydrogen) atoms. The topological polar surface area (TPSA) is 89.1 Å². The Morgan fingerprint density at radius 2 is 2.00 bits per heavy atom. The first-order chi connectivity index (χ1) is 9.77. The third-order valence-electron chi connectivity index (χ3n) is 2.76. The summed E-state index contributed by atoms with van der Waals surface area (Å²) in [6, 6.07) is 7.57. The van der Waals surface area contributed by atoms with Gasteiger partial charge in [-0.05, 0) is 18.5 Å². The predicted octanol–water partition coefficient (Wildman–Crippen LogP) is 0.924. The molecule has 1 aromatic rings. The molecule has 0 aromatic heterocycles.